The molecule has 0 saturated carbocycles. The van der Waals surface area contributed by atoms with Crippen molar-refractivity contribution in [2.75, 3.05) is 0 Å². The van der Waals surface area contributed by atoms with Crippen molar-refractivity contribution in [2.24, 2.45) is 10.2 Å². The minimum atomic E-state index is -0.676. The highest BCUT2D eigenvalue weighted by atomic mass is 35.5. The molecule has 0 aliphatic carbocycles. The van der Waals surface area contributed by atoms with Crippen LogP contribution in [0.25, 0.3) is 10.9 Å². The molecule has 0 spiro atoms. The van der Waals surface area contributed by atoms with E-state index in [0.717, 1.165) is 0 Å². The number of fused-ring (bicyclic) bond motifs is 1. The number of hydrogen-bond acceptors (Lipinski definition) is 4. The van der Waals surface area contributed by atoms with Crippen molar-refractivity contribution < 1.29 is 9.50 Å². The molecular weight excluding hydrogens is 344 g/mol. The molecule has 1 heterocycles. The summed E-state index contributed by atoms with van der Waals surface area (Å²) < 4.78 is 12.8. The van der Waals surface area contributed by atoms with Gasteiger partial charge in [0.1, 0.15) is 5.82 Å². The normalized spacial score (nSPS) is 11.4. The van der Waals surface area contributed by atoms with Gasteiger partial charge in [0.25, 0.3) is 5.56 Å². The number of rotatable bonds is 2. The Hall–Kier alpha value is -2.44. The van der Waals surface area contributed by atoms with E-state index < -0.39 is 17.1 Å². The molecule has 0 atom stereocenters. The Morgan fingerprint density at radius 2 is 1.65 bits per heavy atom. The Morgan fingerprint density at radius 3 is 2.35 bits per heavy atom. The summed E-state index contributed by atoms with van der Waals surface area (Å²) in [4.78, 5) is 14.6. The molecule has 0 unspecified atom stereocenters. The second-order valence-corrected chi connectivity index (χ2v) is 5.42. The fraction of sp³-hybridized carbons (Fsp3) is 0. The van der Waals surface area contributed by atoms with Crippen LogP contribution < -0.4 is 5.56 Å². The Kier molecular flexibility index (Phi) is 4.02. The maximum atomic E-state index is 12.8. The number of aromatic hydroxyl groups is 1. The third kappa shape index (κ3) is 2.91. The van der Waals surface area contributed by atoms with Crippen LogP contribution in [-0.2, 0) is 0 Å². The molecule has 116 valence electrons. The van der Waals surface area contributed by atoms with Gasteiger partial charge in [-0.3, -0.25) is 4.79 Å². The lowest BCUT2D eigenvalue weighted by Gasteiger charge is -2.06. The molecule has 1 aromatic heterocycles. The minimum absolute atomic E-state index is 0.173. The number of aromatic nitrogens is 1. The van der Waals surface area contributed by atoms with Crippen LogP contribution >= 0.6 is 23.2 Å². The Morgan fingerprint density at radius 1 is 1.00 bits per heavy atom. The number of nitrogens with zero attached hydrogens (tertiary/aromatic N) is 2. The Bertz CT molecular complexity index is 985. The monoisotopic (exact) mass is 351 g/mol. The number of azo groups is 1. The van der Waals surface area contributed by atoms with Crippen LogP contribution in [0, 0.1) is 5.82 Å². The predicted molar refractivity (Wildman–Crippen MR) is 86.8 cm³/mol. The van der Waals surface area contributed by atoms with Gasteiger partial charge in [-0.15, -0.1) is 5.11 Å². The van der Waals surface area contributed by atoms with E-state index in [4.69, 9.17) is 23.2 Å². The van der Waals surface area contributed by atoms with Crippen molar-refractivity contribution in [1.82, 2.24) is 4.98 Å². The summed E-state index contributed by atoms with van der Waals surface area (Å²) in [6.45, 7) is 0. The first-order valence-corrected chi connectivity index (χ1v) is 7.13. The van der Waals surface area contributed by atoms with Gasteiger partial charge in [-0.25, -0.2) is 4.39 Å². The molecule has 0 aliphatic rings. The molecule has 0 bridgehead atoms. The predicted octanol–water partition coefficient (Wildman–Crippen LogP) is 5.10. The lowest BCUT2D eigenvalue weighted by atomic mass is 10.2. The number of hydrogen-bond donors (Lipinski definition) is 2. The second-order valence-electron chi connectivity index (χ2n) is 4.61. The molecule has 3 rings (SSSR count). The Labute approximate surface area is 139 Å². The lowest BCUT2D eigenvalue weighted by molar-refractivity contribution is 0.481. The van der Waals surface area contributed by atoms with Gasteiger partial charge < -0.3 is 10.1 Å². The maximum absolute atomic E-state index is 12.8. The quantitative estimate of drug-likeness (QED) is 0.630. The highest BCUT2D eigenvalue weighted by molar-refractivity contribution is 6.40. The third-order valence-corrected chi connectivity index (χ3v) is 3.74. The molecule has 0 radical (unpaired) electrons. The number of aromatic amines is 1. The van der Waals surface area contributed by atoms with Crippen LogP contribution in [0.4, 0.5) is 15.8 Å². The molecule has 8 heteroatoms. The van der Waals surface area contributed by atoms with E-state index in [1.165, 1.54) is 36.4 Å². The summed E-state index contributed by atoms with van der Waals surface area (Å²) in [5.74, 6) is -0.848. The van der Waals surface area contributed by atoms with Gasteiger partial charge in [-0.05, 0) is 36.4 Å². The summed E-state index contributed by atoms with van der Waals surface area (Å²) in [6, 6.07) is 8.17. The molecule has 0 saturated heterocycles. The molecule has 0 amide bonds. The molecule has 0 aliphatic heterocycles. The van der Waals surface area contributed by atoms with Crippen LogP contribution in [0.1, 0.15) is 0 Å². The van der Waals surface area contributed by atoms with Gasteiger partial charge in [0, 0.05) is 0 Å². The fourth-order valence-electron chi connectivity index (χ4n) is 2.01. The molecule has 2 aromatic carbocycles. The largest absolute Gasteiger partial charge is 0.505 e. The zero-order valence-corrected chi connectivity index (χ0v) is 12.9. The van der Waals surface area contributed by atoms with Crippen LogP contribution in [0.5, 0.6) is 5.75 Å². The number of nitrogens with one attached hydrogen (secondary N) is 1. The molecule has 0 fully saturated rings. The van der Waals surface area contributed by atoms with Gasteiger partial charge >= 0.3 is 0 Å². The summed E-state index contributed by atoms with van der Waals surface area (Å²) >= 11 is 12.0. The topological polar surface area (TPSA) is 77.8 Å². The lowest BCUT2D eigenvalue weighted by Crippen LogP contribution is -2.05. The first-order chi connectivity index (χ1) is 11.0. The van der Waals surface area contributed by atoms with Crippen LogP contribution in [-0.4, -0.2) is 10.1 Å². The third-order valence-electron chi connectivity index (χ3n) is 3.11. The summed E-state index contributed by atoms with van der Waals surface area (Å²) in [5, 5.41) is 18.4. The Balaban J connectivity index is 2.16. The van der Waals surface area contributed by atoms with Crippen molar-refractivity contribution >= 4 is 45.5 Å². The van der Waals surface area contributed by atoms with E-state index in [9.17, 15) is 14.3 Å². The zero-order chi connectivity index (χ0) is 16.6. The van der Waals surface area contributed by atoms with Crippen LogP contribution in [0.3, 0.4) is 0 Å². The first kappa shape index (κ1) is 15.5. The fourth-order valence-corrected chi connectivity index (χ4v) is 2.46. The molecule has 2 N–H and O–H groups in total. The maximum Gasteiger partial charge on any atom is 0.280 e. The van der Waals surface area contributed by atoms with E-state index in [-0.39, 0.29) is 26.6 Å². The first-order valence-electron chi connectivity index (χ1n) is 6.37. The smallest absolute Gasteiger partial charge is 0.280 e. The van der Waals surface area contributed by atoms with Crippen molar-refractivity contribution in [3.05, 3.63) is 62.6 Å². The van der Waals surface area contributed by atoms with Gasteiger partial charge in [0.2, 0.25) is 0 Å². The number of benzene rings is 2. The van der Waals surface area contributed by atoms with Gasteiger partial charge in [0.15, 0.2) is 11.4 Å². The van der Waals surface area contributed by atoms with Gasteiger partial charge in [-0.1, -0.05) is 23.2 Å². The van der Waals surface area contributed by atoms with E-state index in [1.54, 1.807) is 0 Å². The van der Waals surface area contributed by atoms with Crippen molar-refractivity contribution in [2.45, 2.75) is 0 Å². The minimum Gasteiger partial charge on any atom is -0.505 e. The average Bonchev–Trinajstić information content (AvgIpc) is 2.52. The second kappa shape index (κ2) is 5.98. The number of pyridine rings is 1. The number of H-pyrrole nitrogens is 1. The van der Waals surface area contributed by atoms with Gasteiger partial charge in [0.05, 0.1) is 26.6 Å². The van der Waals surface area contributed by atoms with E-state index in [1.807, 2.05) is 0 Å². The molecule has 5 nitrogen and oxygen atoms in total. The van der Waals surface area contributed by atoms with Crippen LogP contribution in [0.15, 0.2) is 51.4 Å². The van der Waals surface area contributed by atoms with Crippen LogP contribution in [0.2, 0.25) is 10.0 Å². The van der Waals surface area contributed by atoms with E-state index in [0.29, 0.717) is 5.69 Å². The standard InChI is InChI=1S/C15H8Cl2FN3O2/c16-9-5-6-10(17)12-11(9)14(22)13(15(23)19-12)21-20-8-3-1-7(18)2-4-8/h1-6H,(H2,19,22,23). The summed E-state index contributed by atoms with van der Waals surface area (Å²) in [7, 11) is 0. The average molecular weight is 352 g/mol. The van der Waals surface area contributed by atoms with Crippen molar-refractivity contribution in [1.29, 1.82) is 0 Å². The van der Waals surface area contributed by atoms with Gasteiger partial charge in [-0.2, -0.15) is 5.11 Å². The highest BCUT2D eigenvalue weighted by Gasteiger charge is 2.16. The SMILES string of the molecule is O=c1[nH]c2c(Cl)ccc(Cl)c2c(O)c1N=Nc1ccc(F)cc1. The van der Waals surface area contributed by atoms with Crippen molar-refractivity contribution in [3.8, 4) is 5.75 Å². The zero-order valence-electron chi connectivity index (χ0n) is 11.3. The number of halogens is 3. The highest BCUT2D eigenvalue weighted by Crippen LogP contribution is 2.38. The molecule has 3 aromatic rings. The molecule has 23 heavy (non-hydrogen) atoms. The van der Waals surface area contributed by atoms with E-state index >= 15 is 0 Å². The van der Waals surface area contributed by atoms with Crippen molar-refractivity contribution in [3.63, 3.8) is 0 Å². The van der Waals surface area contributed by atoms with E-state index in [2.05, 4.69) is 15.2 Å². The summed E-state index contributed by atoms with van der Waals surface area (Å²) in [5.41, 5.74) is -0.457. The summed E-state index contributed by atoms with van der Waals surface area (Å²) in [6.07, 6.45) is 0. The molecular formula is C15H8Cl2FN3O2.